The van der Waals surface area contributed by atoms with E-state index in [1.165, 1.54) is 49.6 Å². The third-order valence-electron chi connectivity index (χ3n) is 5.10. The Morgan fingerprint density at radius 3 is 2.31 bits per heavy atom. The highest BCUT2D eigenvalue weighted by molar-refractivity contribution is 7.89. The first kappa shape index (κ1) is 25.8. The molecule has 0 saturated heterocycles. The van der Waals surface area contributed by atoms with E-state index < -0.39 is 27.9 Å². The summed E-state index contributed by atoms with van der Waals surface area (Å²) in [4.78, 5) is 27.3. The van der Waals surface area contributed by atoms with Crippen molar-refractivity contribution < 1.29 is 22.7 Å². The summed E-state index contributed by atoms with van der Waals surface area (Å²) in [6.07, 6.45) is 5.44. The number of carbonyl (C=O) groups is 2. The largest absolute Gasteiger partial charge is 0.495 e. The third-order valence-corrected chi connectivity index (χ3v) is 6.32. The summed E-state index contributed by atoms with van der Waals surface area (Å²) in [5.41, 5.74) is 1.39. The minimum atomic E-state index is -3.96. The number of hydrogen-bond acceptors (Lipinski definition) is 5. The number of nitrogens with one attached hydrogen (secondary N) is 1. The molecule has 10 heteroatoms. The lowest BCUT2D eigenvalue weighted by atomic mass is 10.0. The smallest absolute Gasteiger partial charge is 0.303 e. The van der Waals surface area contributed by atoms with E-state index in [-0.39, 0.29) is 22.2 Å². The van der Waals surface area contributed by atoms with Gasteiger partial charge in [0, 0.05) is 12.2 Å². The van der Waals surface area contributed by atoms with E-state index in [9.17, 15) is 18.0 Å². The van der Waals surface area contributed by atoms with Crippen molar-refractivity contribution in [3.8, 4) is 18.1 Å². The molecule has 0 aliphatic rings. The van der Waals surface area contributed by atoms with Crippen LogP contribution in [0.15, 0.2) is 77.7 Å². The van der Waals surface area contributed by atoms with Crippen LogP contribution in [0.5, 0.6) is 5.75 Å². The first-order valence-electron chi connectivity index (χ1n) is 10.2. The van der Waals surface area contributed by atoms with Crippen LogP contribution in [-0.4, -0.2) is 27.3 Å². The number of carbonyl (C=O) groups excluding carboxylic acids is 2. The van der Waals surface area contributed by atoms with Gasteiger partial charge in [0.2, 0.25) is 15.9 Å². The fourth-order valence-electron chi connectivity index (χ4n) is 3.40. The van der Waals surface area contributed by atoms with Gasteiger partial charge in [0.15, 0.2) is 0 Å². The van der Waals surface area contributed by atoms with Crippen molar-refractivity contribution in [3.05, 3.63) is 88.9 Å². The Balaban J connectivity index is 2.09. The number of rotatable bonds is 8. The summed E-state index contributed by atoms with van der Waals surface area (Å²) in [5, 5.41) is 8.20. The van der Waals surface area contributed by atoms with E-state index in [1.807, 2.05) is 36.3 Å². The van der Waals surface area contributed by atoms with E-state index in [4.69, 9.17) is 27.9 Å². The van der Waals surface area contributed by atoms with Crippen molar-refractivity contribution in [1.82, 2.24) is 5.32 Å². The minimum absolute atomic E-state index is 0.146. The summed E-state index contributed by atoms with van der Waals surface area (Å²) in [5.74, 6) is 1.06. The number of nitrogens with two attached hydrogens (primary N) is 1. The zero-order valence-corrected chi connectivity index (χ0v) is 20.2. The first-order chi connectivity index (χ1) is 16.7. The molecular formula is C25H22ClN3O5S. The van der Waals surface area contributed by atoms with Gasteiger partial charge in [0.25, 0.3) is 0 Å². The van der Waals surface area contributed by atoms with Crippen molar-refractivity contribution >= 4 is 39.1 Å². The molecule has 0 fully saturated rings. The highest BCUT2D eigenvalue weighted by Crippen LogP contribution is 2.34. The Bertz CT molecular complexity index is 1370. The fraction of sp³-hybridized carbons (Fsp3) is 0.120. The van der Waals surface area contributed by atoms with Crippen LogP contribution in [0.1, 0.15) is 17.2 Å². The molecule has 0 spiro atoms. The molecule has 0 radical (unpaired) electrons. The molecule has 3 rings (SSSR count). The zero-order chi connectivity index (χ0) is 25.6. The molecule has 0 unspecified atom stereocenters. The maximum Gasteiger partial charge on any atom is 0.303 e. The Kier molecular flexibility index (Phi) is 8.14. The molecular weight excluding hydrogens is 490 g/mol. The standard InChI is InChI=1S/C25H22ClN3O5S/c1-3-23(30)29(19-11-14-22(34-2)21(26)15-19)24(18-9-12-20(13-10-18)35(27,32)33)25(31)28-16-17-7-5-4-6-8-17/h1,4-15,24H,16H2,2H3,(H,28,31)(H2,27,32,33)/t24-/m0/s1. The fourth-order valence-corrected chi connectivity index (χ4v) is 4.16. The number of hydrogen-bond donors (Lipinski definition) is 2. The van der Waals surface area contributed by atoms with Gasteiger partial charge >= 0.3 is 5.91 Å². The van der Waals surface area contributed by atoms with Crippen LogP contribution >= 0.6 is 11.6 Å². The number of anilines is 1. The average Bonchev–Trinajstić information content (AvgIpc) is 2.85. The summed E-state index contributed by atoms with van der Waals surface area (Å²) in [7, 11) is -2.52. The molecule has 0 bridgehead atoms. The number of terminal acetylenes is 1. The van der Waals surface area contributed by atoms with Crippen LogP contribution in [-0.2, 0) is 26.2 Å². The Labute approximate surface area is 208 Å². The minimum Gasteiger partial charge on any atom is -0.495 e. The predicted octanol–water partition coefficient (Wildman–Crippen LogP) is 3.02. The van der Waals surface area contributed by atoms with Gasteiger partial charge in [0.05, 0.1) is 17.0 Å². The zero-order valence-electron chi connectivity index (χ0n) is 18.6. The number of halogens is 1. The van der Waals surface area contributed by atoms with Crippen LogP contribution in [0.2, 0.25) is 5.02 Å². The normalized spacial score (nSPS) is 11.7. The van der Waals surface area contributed by atoms with Gasteiger partial charge in [-0.2, -0.15) is 0 Å². The van der Waals surface area contributed by atoms with E-state index in [0.29, 0.717) is 11.3 Å². The molecule has 0 aromatic heterocycles. The summed E-state index contributed by atoms with van der Waals surface area (Å²) in [6, 6.07) is 17.8. The second-order valence-electron chi connectivity index (χ2n) is 7.36. The second-order valence-corrected chi connectivity index (χ2v) is 9.33. The molecule has 8 nitrogen and oxygen atoms in total. The van der Waals surface area contributed by atoms with Crippen molar-refractivity contribution in [2.45, 2.75) is 17.5 Å². The second kappa shape index (κ2) is 11.1. The maximum absolute atomic E-state index is 13.5. The quantitative estimate of drug-likeness (QED) is 0.451. The topological polar surface area (TPSA) is 119 Å². The molecule has 0 heterocycles. The van der Waals surface area contributed by atoms with E-state index in [1.54, 1.807) is 0 Å². The summed E-state index contributed by atoms with van der Waals surface area (Å²) in [6.45, 7) is 0.187. The number of methoxy groups -OCH3 is 1. The van der Waals surface area contributed by atoms with Crippen LogP contribution in [0.25, 0.3) is 0 Å². The lowest BCUT2D eigenvalue weighted by molar-refractivity contribution is -0.125. The van der Waals surface area contributed by atoms with Crippen molar-refractivity contribution in [2.75, 3.05) is 12.0 Å². The molecule has 3 aromatic rings. The van der Waals surface area contributed by atoms with E-state index in [0.717, 1.165) is 10.5 Å². The molecule has 0 aliphatic heterocycles. The van der Waals surface area contributed by atoms with E-state index in [2.05, 4.69) is 5.32 Å². The van der Waals surface area contributed by atoms with Crippen LogP contribution in [0.4, 0.5) is 5.69 Å². The highest BCUT2D eigenvalue weighted by atomic mass is 35.5. The average molecular weight is 512 g/mol. The number of ether oxygens (including phenoxy) is 1. The summed E-state index contributed by atoms with van der Waals surface area (Å²) >= 11 is 6.27. The van der Waals surface area contributed by atoms with Gasteiger partial charge in [-0.3, -0.25) is 14.5 Å². The molecule has 0 aliphatic carbocycles. The lowest BCUT2D eigenvalue weighted by Gasteiger charge is -2.30. The number of nitrogens with zero attached hydrogens (tertiary/aromatic N) is 1. The lowest BCUT2D eigenvalue weighted by Crippen LogP contribution is -2.43. The Morgan fingerprint density at radius 1 is 1.11 bits per heavy atom. The predicted molar refractivity (Wildman–Crippen MR) is 133 cm³/mol. The van der Waals surface area contributed by atoms with Crippen LogP contribution in [0.3, 0.4) is 0 Å². The van der Waals surface area contributed by atoms with Crippen LogP contribution in [0, 0.1) is 12.3 Å². The van der Waals surface area contributed by atoms with Crippen molar-refractivity contribution in [2.24, 2.45) is 5.14 Å². The molecule has 0 saturated carbocycles. The van der Waals surface area contributed by atoms with Gasteiger partial charge in [-0.25, -0.2) is 13.6 Å². The Hall–Kier alpha value is -3.84. The van der Waals surface area contributed by atoms with Crippen molar-refractivity contribution in [1.29, 1.82) is 0 Å². The molecule has 35 heavy (non-hydrogen) atoms. The molecule has 3 aromatic carbocycles. The number of amides is 2. The molecule has 180 valence electrons. The van der Waals surface area contributed by atoms with Crippen LogP contribution < -0.4 is 20.1 Å². The van der Waals surface area contributed by atoms with Gasteiger partial charge < -0.3 is 10.1 Å². The van der Waals surface area contributed by atoms with Gasteiger partial charge in [0.1, 0.15) is 11.8 Å². The SMILES string of the molecule is C#CC(=O)N(c1ccc(OC)c(Cl)c1)[C@H](C(=O)NCc1ccccc1)c1ccc(S(N)(=O)=O)cc1. The summed E-state index contributed by atoms with van der Waals surface area (Å²) < 4.78 is 28.6. The number of sulfonamides is 1. The van der Waals surface area contributed by atoms with Gasteiger partial charge in [-0.05, 0) is 47.4 Å². The monoisotopic (exact) mass is 511 g/mol. The molecule has 2 amide bonds. The Morgan fingerprint density at radius 2 is 1.77 bits per heavy atom. The number of benzene rings is 3. The van der Waals surface area contributed by atoms with Gasteiger partial charge in [-0.1, -0.05) is 54.1 Å². The van der Waals surface area contributed by atoms with Crippen molar-refractivity contribution in [3.63, 3.8) is 0 Å². The maximum atomic E-state index is 13.5. The number of primary sulfonamides is 1. The molecule has 3 N–H and O–H groups in total. The third kappa shape index (κ3) is 6.19. The first-order valence-corrected chi connectivity index (χ1v) is 12.2. The molecule has 1 atom stereocenters. The van der Waals surface area contributed by atoms with Gasteiger partial charge in [-0.15, -0.1) is 6.42 Å². The van der Waals surface area contributed by atoms with E-state index >= 15 is 0 Å². The highest BCUT2D eigenvalue weighted by Gasteiger charge is 2.32.